The zero-order chi connectivity index (χ0) is 19.4. The predicted octanol–water partition coefficient (Wildman–Crippen LogP) is 6.61. The van der Waals surface area contributed by atoms with Crippen molar-refractivity contribution in [3.05, 3.63) is 46.6 Å². The van der Waals surface area contributed by atoms with Crippen LogP contribution < -0.4 is 4.90 Å². The van der Waals surface area contributed by atoms with E-state index in [2.05, 4.69) is 16.2 Å². The minimum absolute atomic E-state index is 0.322. The van der Waals surface area contributed by atoms with Crippen molar-refractivity contribution >= 4 is 46.4 Å². The second-order valence-electron chi connectivity index (χ2n) is 6.21. The van der Waals surface area contributed by atoms with E-state index in [1.807, 2.05) is 36.7 Å². The van der Waals surface area contributed by atoms with Gasteiger partial charge >= 0.3 is 0 Å². The SMILES string of the molecule is CCCN(CCCF)c1c(SC)nc2c(-c3ccc(Cl)cc3Cl)cccn12. The number of rotatable bonds is 8. The molecule has 0 saturated heterocycles. The highest BCUT2D eigenvalue weighted by Crippen LogP contribution is 2.37. The molecule has 0 atom stereocenters. The number of hydrogen-bond acceptors (Lipinski definition) is 3. The Labute approximate surface area is 173 Å². The Bertz CT molecular complexity index is 929. The normalized spacial score (nSPS) is 11.3. The zero-order valence-corrected chi connectivity index (χ0v) is 17.7. The van der Waals surface area contributed by atoms with Gasteiger partial charge in [0.2, 0.25) is 0 Å². The summed E-state index contributed by atoms with van der Waals surface area (Å²) in [6.07, 6.45) is 5.50. The van der Waals surface area contributed by atoms with Crippen molar-refractivity contribution in [1.82, 2.24) is 9.38 Å². The van der Waals surface area contributed by atoms with Gasteiger partial charge in [-0.1, -0.05) is 36.2 Å². The molecule has 0 unspecified atom stereocenters. The van der Waals surface area contributed by atoms with Crippen molar-refractivity contribution in [2.24, 2.45) is 0 Å². The van der Waals surface area contributed by atoms with Gasteiger partial charge in [-0.15, -0.1) is 11.8 Å². The maximum atomic E-state index is 12.8. The van der Waals surface area contributed by atoms with Crippen molar-refractivity contribution in [3.8, 4) is 11.1 Å². The smallest absolute Gasteiger partial charge is 0.147 e. The molecule has 0 bridgehead atoms. The van der Waals surface area contributed by atoms with Crippen LogP contribution in [0.1, 0.15) is 19.8 Å². The van der Waals surface area contributed by atoms with Crippen LogP contribution in [0.4, 0.5) is 10.2 Å². The Kier molecular flexibility index (Phi) is 6.90. The number of aromatic nitrogens is 2. The van der Waals surface area contributed by atoms with Gasteiger partial charge in [0.15, 0.2) is 0 Å². The number of imidazole rings is 1. The van der Waals surface area contributed by atoms with Gasteiger partial charge in [0.25, 0.3) is 0 Å². The van der Waals surface area contributed by atoms with E-state index >= 15 is 0 Å². The van der Waals surface area contributed by atoms with E-state index in [4.69, 9.17) is 28.2 Å². The summed E-state index contributed by atoms with van der Waals surface area (Å²) in [5.74, 6) is 1.01. The summed E-state index contributed by atoms with van der Waals surface area (Å²) in [6, 6.07) is 9.49. The number of alkyl halides is 1. The lowest BCUT2D eigenvalue weighted by Gasteiger charge is -2.24. The van der Waals surface area contributed by atoms with Gasteiger partial charge in [-0.05, 0) is 43.4 Å². The molecule has 3 aromatic rings. The van der Waals surface area contributed by atoms with Crippen LogP contribution in [0.15, 0.2) is 41.6 Å². The third kappa shape index (κ3) is 4.20. The van der Waals surface area contributed by atoms with Crippen molar-refractivity contribution in [2.45, 2.75) is 24.8 Å². The predicted molar refractivity (Wildman–Crippen MR) is 116 cm³/mol. The first-order valence-corrected chi connectivity index (χ1v) is 10.9. The number of thioether (sulfide) groups is 1. The molecule has 27 heavy (non-hydrogen) atoms. The Morgan fingerprint density at radius 2 is 2.00 bits per heavy atom. The van der Waals surface area contributed by atoms with E-state index in [9.17, 15) is 4.39 Å². The highest BCUT2D eigenvalue weighted by atomic mass is 35.5. The quantitative estimate of drug-likeness (QED) is 0.378. The minimum Gasteiger partial charge on any atom is -0.355 e. The molecule has 7 heteroatoms. The van der Waals surface area contributed by atoms with Gasteiger partial charge in [0.1, 0.15) is 16.5 Å². The average molecular weight is 426 g/mol. The van der Waals surface area contributed by atoms with Crippen molar-refractivity contribution in [1.29, 1.82) is 0 Å². The van der Waals surface area contributed by atoms with Crippen LogP contribution in [0.3, 0.4) is 0 Å². The molecule has 0 aliphatic rings. The summed E-state index contributed by atoms with van der Waals surface area (Å²) in [6.45, 7) is 3.32. The van der Waals surface area contributed by atoms with Crippen LogP contribution in [0.5, 0.6) is 0 Å². The van der Waals surface area contributed by atoms with Crippen LogP contribution in [0, 0.1) is 0 Å². The third-order valence-electron chi connectivity index (χ3n) is 4.36. The fraction of sp³-hybridized carbons (Fsp3) is 0.350. The summed E-state index contributed by atoms with van der Waals surface area (Å²) in [5, 5.41) is 2.12. The third-order valence-corrected chi connectivity index (χ3v) is 5.57. The first-order chi connectivity index (χ1) is 13.1. The van der Waals surface area contributed by atoms with E-state index in [0.29, 0.717) is 23.0 Å². The van der Waals surface area contributed by atoms with E-state index in [0.717, 1.165) is 40.6 Å². The second-order valence-corrected chi connectivity index (χ2v) is 7.85. The topological polar surface area (TPSA) is 20.5 Å². The molecule has 0 aliphatic heterocycles. The lowest BCUT2D eigenvalue weighted by atomic mass is 10.1. The average Bonchev–Trinajstić information content (AvgIpc) is 3.04. The highest BCUT2D eigenvalue weighted by Gasteiger charge is 2.20. The largest absolute Gasteiger partial charge is 0.355 e. The molecule has 2 heterocycles. The van der Waals surface area contributed by atoms with Gasteiger partial charge in [-0.3, -0.25) is 8.79 Å². The zero-order valence-electron chi connectivity index (χ0n) is 15.4. The molecule has 0 saturated carbocycles. The van der Waals surface area contributed by atoms with E-state index < -0.39 is 0 Å². The summed E-state index contributed by atoms with van der Waals surface area (Å²) >= 11 is 14.1. The summed E-state index contributed by atoms with van der Waals surface area (Å²) < 4.78 is 14.9. The van der Waals surface area contributed by atoms with Gasteiger partial charge in [0, 0.05) is 35.4 Å². The lowest BCUT2D eigenvalue weighted by Crippen LogP contribution is -2.27. The van der Waals surface area contributed by atoms with Crippen molar-refractivity contribution < 1.29 is 4.39 Å². The molecule has 1 aromatic carbocycles. The number of fused-ring (bicyclic) bond motifs is 1. The van der Waals surface area contributed by atoms with Gasteiger partial charge < -0.3 is 4.90 Å². The summed E-state index contributed by atoms with van der Waals surface area (Å²) in [7, 11) is 0. The van der Waals surface area contributed by atoms with Gasteiger partial charge in [0.05, 0.1) is 11.7 Å². The molecule has 0 N–H and O–H groups in total. The molecule has 0 spiro atoms. The van der Waals surface area contributed by atoms with Crippen LogP contribution in [-0.4, -0.2) is 35.4 Å². The van der Waals surface area contributed by atoms with Crippen molar-refractivity contribution in [2.75, 3.05) is 30.9 Å². The summed E-state index contributed by atoms with van der Waals surface area (Å²) in [5.41, 5.74) is 2.67. The van der Waals surface area contributed by atoms with E-state index in [-0.39, 0.29) is 6.67 Å². The van der Waals surface area contributed by atoms with E-state index in [1.54, 1.807) is 17.8 Å². The molecule has 3 rings (SSSR count). The summed E-state index contributed by atoms with van der Waals surface area (Å²) in [4.78, 5) is 7.10. The fourth-order valence-electron chi connectivity index (χ4n) is 3.22. The van der Waals surface area contributed by atoms with Crippen LogP contribution in [-0.2, 0) is 0 Å². The molecule has 2 aromatic heterocycles. The standard InChI is InChI=1S/C20H22Cl2FN3S/c1-3-10-25(11-5-9-23)20-19(27-2)24-18-16(6-4-12-26(18)20)15-8-7-14(21)13-17(15)22/h4,6-8,12-13H,3,5,9-11H2,1-2H3. The van der Waals surface area contributed by atoms with Gasteiger partial charge in [-0.2, -0.15) is 0 Å². The first-order valence-electron chi connectivity index (χ1n) is 8.92. The maximum Gasteiger partial charge on any atom is 0.147 e. The monoisotopic (exact) mass is 425 g/mol. The van der Waals surface area contributed by atoms with Crippen LogP contribution >= 0.6 is 35.0 Å². The van der Waals surface area contributed by atoms with E-state index in [1.165, 1.54) is 0 Å². The van der Waals surface area contributed by atoms with Crippen molar-refractivity contribution in [3.63, 3.8) is 0 Å². The molecular formula is C20H22Cl2FN3S. The number of nitrogens with zero attached hydrogens (tertiary/aromatic N) is 3. The fourth-order valence-corrected chi connectivity index (χ4v) is 4.32. The molecular weight excluding hydrogens is 404 g/mol. The second kappa shape index (κ2) is 9.18. The number of benzene rings is 1. The number of pyridine rings is 1. The Morgan fingerprint density at radius 1 is 1.19 bits per heavy atom. The van der Waals surface area contributed by atoms with Gasteiger partial charge in [-0.25, -0.2) is 4.98 Å². The molecule has 3 nitrogen and oxygen atoms in total. The molecule has 0 fully saturated rings. The molecule has 144 valence electrons. The number of halogens is 3. The molecule has 0 aliphatic carbocycles. The lowest BCUT2D eigenvalue weighted by molar-refractivity contribution is 0.470. The first kappa shape index (κ1) is 20.3. The highest BCUT2D eigenvalue weighted by molar-refractivity contribution is 7.98. The maximum absolute atomic E-state index is 12.8. The Hall–Kier alpha value is -1.43. The van der Waals surface area contributed by atoms with Crippen LogP contribution in [0.2, 0.25) is 10.0 Å². The Morgan fingerprint density at radius 3 is 2.67 bits per heavy atom. The molecule has 0 radical (unpaired) electrons. The Balaban J connectivity index is 2.19. The number of hydrogen-bond donors (Lipinski definition) is 0. The van der Waals surface area contributed by atoms with Crippen LogP contribution in [0.25, 0.3) is 16.8 Å². The minimum atomic E-state index is -0.322. The number of anilines is 1. The molecule has 0 amide bonds.